The second-order valence-electron chi connectivity index (χ2n) is 7.69. The van der Waals surface area contributed by atoms with Crippen LogP contribution in [0, 0.1) is 6.92 Å². The largest absolute Gasteiger partial charge is 0.336 e. The molecular weight excluding hydrogens is 360 g/mol. The molecule has 1 aliphatic heterocycles. The summed E-state index contributed by atoms with van der Waals surface area (Å²) in [6.45, 7) is 6.57. The molecule has 2 aromatic carbocycles. The molecule has 29 heavy (non-hydrogen) atoms. The van der Waals surface area contributed by atoms with Crippen molar-refractivity contribution >= 4 is 5.91 Å². The van der Waals surface area contributed by atoms with E-state index in [9.17, 15) is 4.79 Å². The predicted octanol–water partition coefficient (Wildman–Crippen LogP) is 3.89. The Labute approximate surface area is 172 Å². The van der Waals surface area contributed by atoms with Gasteiger partial charge in [-0.2, -0.15) is 5.10 Å². The first-order valence-corrected chi connectivity index (χ1v) is 10.3. The molecule has 1 aliphatic rings. The molecule has 1 atom stereocenters. The van der Waals surface area contributed by atoms with E-state index < -0.39 is 0 Å². The third-order valence-corrected chi connectivity index (χ3v) is 5.70. The summed E-state index contributed by atoms with van der Waals surface area (Å²) in [5.74, 6) is 0.0315. The van der Waals surface area contributed by atoms with Crippen LogP contribution in [0.15, 0.2) is 54.6 Å². The molecule has 2 heterocycles. The zero-order valence-electron chi connectivity index (χ0n) is 17.4. The number of hydrogen-bond donors (Lipinski definition) is 1. The van der Waals surface area contributed by atoms with Crippen molar-refractivity contribution in [1.29, 1.82) is 0 Å². The average Bonchev–Trinajstić information content (AvgIpc) is 3.33. The Bertz CT molecular complexity index is 1010. The van der Waals surface area contributed by atoms with Crippen LogP contribution in [-0.2, 0) is 7.05 Å². The SMILES string of the molecule is CCNC1CCN(C(=O)c2nn(C)c(-c3cccc(-c4ccccc4)c3)c2C)C1. The van der Waals surface area contributed by atoms with Gasteiger partial charge in [0.1, 0.15) is 0 Å². The maximum atomic E-state index is 13.1. The van der Waals surface area contributed by atoms with Crippen LogP contribution >= 0.6 is 0 Å². The van der Waals surface area contributed by atoms with E-state index >= 15 is 0 Å². The van der Waals surface area contributed by atoms with E-state index in [-0.39, 0.29) is 5.91 Å². The molecule has 1 unspecified atom stereocenters. The van der Waals surface area contributed by atoms with Crippen LogP contribution in [0.4, 0.5) is 0 Å². The Hall–Kier alpha value is -2.92. The van der Waals surface area contributed by atoms with Crippen LogP contribution < -0.4 is 5.32 Å². The molecule has 0 bridgehead atoms. The van der Waals surface area contributed by atoms with Crippen molar-refractivity contribution in [2.45, 2.75) is 26.3 Å². The van der Waals surface area contributed by atoms with Crippen molar-refractivity contribution < 1.29 is 4.79 Å². The number of rotatable bonds is 5. The number of hydrogen-bond acceptors (Lipinski definition) is 3. The molecule has 1 aromatic heterocycles. The number of carbonyl (C=O) groups excluding carboxylic acids is 1. The molecule has 1 saturated heterocycles. The maximum absolute atomic E-state index is 13.1. The Morgan fingerprint density at radius 2 is 1.83 bits per heavy atom. The molecule has 4 rings (SSSR count). The van der Waals surface area contributed by atoms with Gasteiger partial charge in [0.2, 0.25) is 0 Å². The maximum Gasteiger partial charge on any atom is 0.274 e. The Morgan fingerprint density at radius 3 is 2.59 bits per heavy atom. The summed E-state index contributed by atoms with van der Waals surface area (Å²) in [7, 11) is 1.92. The van der Waals surface area contributed by atoms with E-state index in [0.717, 1.165) is 48.4 Å². The van der Waals surface area contributed by atoms with E-state index in [1.165, 1.54) is 5.56 Å². The molecule has 0 radical (unpaired) electrons. The van der Waals surface area contributed by atoms with Gasteiger partial charge in [0.15, 0.2) is 5.69 Å². The molecule has 3 aromatic rings. The lowest BCUT2D eigenvalue weighted by molar-refractivity contribution is 0.0782. The number of likely N-dealkylation sites (N-methyl/N-ethyl adjacent to an activating group) is 1. The highest BCUT2D eigenvalue weighted by atomic mass is 16.2. The second kappa shape index (κ2) is 8.21. The minimum Gasteiger partial charge on any atom is -0.336 e. The Balaban J connectivity index is 1.64. The van der Waals surface area contributed by atoms with E-state index in [1.54, 1.807) is 0 Å². The summed E-state index contributed by atoms with van der Waals surface area (Å²) < 4.78 is 1.84. The van der Waals surface area contributed by atoms with Gasteiger partial charge in [-0.25, -0.2) is 0 Å². The van der Waals surface area contributed by atoms with Crippen molar-refractivity contribution in [2.75, 3.05) is 19.6 Å². The van der Waals surface area contributed by atoms with Gasteiger partial charge in [0, 0.05) is 37.3 Å². The molecule has 1 N–H and O–H groups in total. The summed E-state index contributed by atoms with van der Waals surface area (Å²) in [5, 5.41) is 8.05. The molecule has 1 amide bonds. The normalized spacial score (nSPS) is 16.4. The van der Waals surface area contributed by atoms with Crippen molar-refractivity contribution in [2.24, 2.45) is 7.05 Å². The number of likely N-dealkylation sites (tertiary alicyclic amines) is 1. The van der Waals surface area contributed by atoms with Crippen LogP contribution in [0.2, 0.25) is 0 Å². The fraction of sp³-hybridized carbons (Fsp3) is 0.333. The number of benzene rings is 2. The molecule has 0 aliphatic carbocycles. The molecule has 5 heteroatoms. The minimum absolute atomic E-state index is 0.0315. The van der Waals surface area contributed by atoms with Gasteiger partial charge in [0.25, 0.3) is 5.91 Å². The van der Waals surface area contributed by atoms with Crippen molar-refractivity contribution in [1.82, 2.24) is 20.0 Å². The summed E-state index contributed by atoms with van der Waals surface area (Å²) in [4.78, 5) is 15.0. The van der Waals surface area contributed by atoms with Crippen LogP contribution in [0.5, 0.6) is 0 Å². The molecule has 0 spiro atoms. The van der Waals surface area contributed by atoms with Crippen molar-refractivity contribution in [3.63, 3.8) is 0 Å². The van der Waals surface area contributed by atoms with Gasteiger partial charge in [0.05, 0.1) is 5.69 Å². The highest BCUT2D eigenvalue weighted by Gasteiger charge is 2.30. The first-order chi connectivity index (χ1) is 14.1. The van der Waals surface area contributed by atoms with Crippen LogP contribution in [-0.4, -0.2) is 46.3 Å². The Morgan fingerprint density at radius 1 is 1.10 bits per heavy atom. The van der Waals surface area contributed by atoms with E-state index in [2.05, 4.69) is 53.7 Å². The molecular formula is C24H28N4O. The van der Waals surface area contributed by atoms with Gasteiger partial charge >= 0.3 is 0 Å². The topological polar surface area (TPSA) is 50.2 Å². The monoisotopic (exact) mass is 388 g/mol. The predicted molar refractivity (Wildman–Crippen MR) is 117 cm³/mol. The average molecular weight is 389 g/mol. The van der Waals surface area contributed by atoms with Gasteiger partial charge in [-0.05, 0) is 37.1 Å². The summed E-state index contributed by atoms with van der Waals surface area (Å²) >= 11 is 0. The molecule has 150 valence electrons. The van der Waals surface area contributed by atoms with Gasteiger partial charge in [-0.15, -0.1) is 0 Å². The molecule has 1 fully saturated rings. The zero-order valence-corrected chi connectivity index (χ0v) is 17.4. The van der Waals surface area contributed by atoms with E-state index in [4.69, 9.17) is 0 Å². The third kappa shape index (κ3) is 3.83. The smallest absolute Gasteiger partial charge is 0.274 e. The summed E-state index contributed by atoms with van der Waals surface area (Å²) in [6, 6.07) is 19.2. The first-order valence-electron chi connectivity index (χ1n) is 10.3. The number of aromatic nitrogens is 2. The van der Waals surface area contributed by atoms with Gasteiger partial charge < -0.3 is 10.2 Å². The summed E-state index contributed by atoms with van der Waals surface area (Å²) in [5.41, 5.74) is 5.90. The Kier molecular flexibility index (Phi) is 5.49. The second-order valence-corrected chi connectivity index (χ2v) is 7.69. The number of amides is 1. The first kappa shape index (κ1) is 19.4. The van der Waals surface area contributed by atoms with E-state index in [1.807, 2.05) is 41.8 Å². The number of nitrogens with one attached hydrogen (secondary N) is 1. The lowest BCUT2D eigenvalue weighted by Gasteiger charge is -2.16. The lowest BCUT2D eigenvalue weighted by Crippen LogP contribution is -2.35. The van der Waals surface area contributed by atoms with Gasteiger partial charge in [-0.1, -0.05) is 55.5 Å². The lowest BCUT2D eigenvalue weighted by atomic mass is 10.00. The quantitative estimate of drug-likeness (QED) is 0.721. The highest BCUT2D eigenvalue weighted by molar-refractivity contribution is 5.95. The summed E-state index contributed by atoms with van der Waals surface area (Å²) in [6.07, 6.45) is 0.997. The zero-order chi connectivity index (χ0) is 20.4. The van der Waals surface area contributed by atoms with E-state index in [0.29, 0.717) is 11.7 Å². The van der Waals surface area contributed by atoms with Crippen LogP contribution in [0.25, 0.3) is 22.4 Å². The number of aryl methyl sites for hydroxylation is 1. The van der Waals surface area contributed by atoms with Crippen LogP contribution in [0.3, 0.4) is 0 Å². The molecule has 0 saturated carbocycles. The number of carbonyl (C=O) groups is 1. The third-order valence-electron chi connectivity index (χ3n) is 5.70. The van der Waals surface area contributed by atoms with Crippen LogP contribution in [0.1, 0.15) is 29.4 Å². The number of nitrogens with zero attached hydrogens (tertiary/aromatic N) is 3. The standard InChI is InChI=1S/C24H28N4O/c1-4-25-21-13-14-28(16-21)24(29)22-17(2)23(27(3)26-22)20-12-8-11-19(15-20)18-9-6-5-7-10-18/h5-12,15,21,25H,4,13-14,16H2,1-3H3. The minimum atomic E-state index is 0.0315. The fourth-order valence-electron chi connectivity index (χ4n) is 4.26. The fourth-order valence-corrected chi connectivity index (χ4v) is 4.26. The molecule has 5 nitrogen and oxygen atoms in total. The van der Waals surface area contributed by atoms with Gasteiger partial charge in [-0.3, -0.25) is 9.48 Å². The highest BCUT2D eigenvalue weighted by Crippen LogP contribution is 2.30. The van der Waals surface area contributed by atoms with Crippen molar-refractivity contribution in [3.8, 4) is 22.4 Å². The van der Waals surface area contributed by atoms with Crippen molar-refractivity contribution in [3.05, 3.63) is 65.9 Å².